The van der Waals surface area contributed by atoms with E-state index in [9.17, 15) is 14.9 Å². The van der Waals surface area contributed by atoms with Crippen molar-refractivity contribution in [3.8, 4) is 0 Å². The van der Waals surface area contributed by atoms with E-state index in [1.54, 1.807) is 6.07 Å². The molecular formula is C17H26N3O3+. The molecule has 0 bridgehead atoms. The molecule has 1 amide bonds. The molecule has 0 saturated heterocycles. The maximum Gasteiger partial charge on any atom is 0.293 e. The standard InChI is InChI=1S/C17H25N3O3/c1-12-9-15(16(19(22)23)10-13(12)2)18-17(21)11-20(3,4)14-7-5-6-8-14/h9-10,14H,5-8,11H2,1-4H3/p+1. The summed E-state index contributed by atoms with van der Waals surface area (Å²) in [6.07, 6.45) is 4.72. The van der Waals surface area contributed by atoms with E-state index >= 15 is 0 Å². The smallest absolute Gasteiger partial charge is 0.293 e. The van der Waals surface area contributed by atoms with Gasteiger partial charge in [-0.3, -0.25) is 14.9 Å². The number of nitrogens with one attached hydrogen (secondary N) is 1. The van der Waals surface area contributed by atoms with Gasteiger partial charge in [0.05, 0.1) is 25.1 Å². The predicted molar refractivity (Wildman–Crippen MR) is 90.4 cm³/mol. The molecular weight excluding hydrogens is 294 g/mol. The molecule has 0 spiro atoms. The Balaban J connectivity index is 2.13. The number of nitro groups is 1. The summed E-state index contributed by atoms with van der Waals surface area (Å²) in [4.78, 5) is 23.2. The van der Waals surface area contributed by atoms with Crippen LogP contribution >= 0.6 is 0 Å². The van der Waals surface area contributed by atoms with Crippen molar-refractivity contribution in [1.82, 2.24) is 0 Å². The van der Waals surface area contributed by atoms with Crippen LogP contribution in [0.3, 0.4) is 0 Å². The minimum atomic E-state index is -0.445. The predicted octanol–water partition coefficient (Wildman–Crippen LogP) is 3.17. The van der Waals surface area contributed by atoms with Gasteiger partial charge in [0.15, 0.2) is 6.54 Å². The van der Waals surface area contributed by atoms with E-state index in [0.717, 1.165) is 24.0 Å². The van der Waals surface area contributed by atoms with Crippen molar-refractivity contribution in [3.05, 3.63) is 33.4 Å². The molecule has 0 radical (unpaired) electrons. The molecule has 1 saturated carbocycles. The van der Waals surface area contributed by atoms with Crippen molar-refractivity contribution in [2.75, 3.05) is 26.0 Å². The molecule has 1 aromatic rings. The van der Waals surface area contributed by atoms with Gasteiger partial charge in [-0.15, -0.1) is 0 Å². The highest BCUT2D eigenvalue weighted by atomic mass is 16.6. The Labute approximate surface area is 137 Å². The van der Waals surface area contributed by atoms with Crippen molar-refractivity contribution in [3.63, 3.8) is 0 Å². The number of carbonyl (C=O) groups excluding carboxylic acids is 1. The zero-order chi connectivity index (χ0) is 17.2. The van der Waals surface area contributed by atoms with E-state index in [1.807, 2.05) is 13.8 Å². The van der Waals surface area contributed by atoms with Gasteiger partial charge in [-0.05, 0) is 56.7 Å². The second-order valence-corrected chi connectivity index (χ2v) is 7.13. The normalized spacial score (nSPS) is 15.7. The van der Waals surface area contributed by atoms with E-state index in [-0.39, 0.29) is 17.3 Å². The number of hydrogen-bond donors (Lipinski definition) is 1. The molecule has 126 valence electrons. The first-order valence-electron chi connectivity index (χ1n) is 8.09. The number of nitrogens with zero attached hydrogens (tertiary/aromatic N) is 2. The number of benzene rings is 1. The summed E-state index contributed by atoms with van der Waals surface area (Å²) in [5.41, 5.74) is 2.01. The van der Waals surface area contributed by atoms with E-state index in [1.165, 1.54) is 18.9 Å². The fourth-order valence-electron chi connectivity index (χ4n) is 3.34. The highest BCUT2D eigenvalue weighted by Gasteiger charge is 2.33. The molecule has 0 unspecified atom stereocenters. The maximum absolute atomic E-state index is 12.4. The van der Waals surface area contributed by atoms with Crippen LogP contribution in [0.2, 0.25) is 0 Å². The quantitative estimate of drug-likeness (QED) is 0.514. The number of hydrogen-bond acceptors (Lipinski definition) is 3. The summed E-state index contributed by atoms with van der Waals surface area (Å²) < 4.78 is 0.629. The van der Waals surface area contributed by atoms with Crippen molar-refractivity contribution in [2.45, 2.75) is 45.6 Å². The largest absolute Gasteiger partial charge is 0.318 e. The molecule has 23 heavy (non-hydrogen) atoms. The monoisotopic (exact) mass is 320 g/mol. The number of anilines is 1. The summed E-state index contributed by atoms with van der Waals surface area (Å²) in [6.45, 7) is 4.04. The van der Waals surface area contributed by atoms with Crippen LogP contribution in [-0.2, 0) is 4.79 Å². The summed E-state index contributed by atoms with van der Waals surface area (Å²) in [7, 11) is 4.12. The molecule has 0 heterocycles. The summed E-state index contributed by atoms with van der Waals surface area (Å²) in [5.74, 6) is -0.173. The fourth-order valence-corrected chi connectivity index (χ4v) is 3.34. The van der Waals surface area contributed by atoms with Gasteiger partial charge in [0.25, 0.3) is 11.6 Å². The number of carbonyl (C=O) groups is 1. The van der Waals surface area contributed by atoms with Gasteiger partial charge in [0, 0.05) is 6.07 Å². The van der Waals surface area contributed by atoms with Gasteiger partial charge in [0.1, 0.15) is 5.69 Å². The lowest BCUT2D eigenvalue weighted by Crippen LogP contribution is -2.51. The molecule has 6 heteroatoms. The molecule has 2 rings (SSSR count). The maximum atomic E-state index is 12.4. The number of likely N-dealkylation sites (N-methyl/N-ethyl adjacent to an activating group) is 1. The van der Waals surface area contributed by atoms with Gasteiger partial charge in [-0.2, -0.15) is 0 Å². The van der Waals surface area contributed by atoms with Crippen molar-refractivity contribution in [1.29, 1.82) is 0 Å². The molecule has 0 atom stereocenters. The van der Waals surface area contributed by atoms with Crippen LogP contribution in [-0.4, -0.2) is 42.0 Å². The van der Waals surface area contributed by atoms with E-state index in [4.69, 9.17) is 0 Å². The Bertz CT molecular complexity index is 620. The molecule has 1 aromatic carbocycles. The van der Waals surface area contributed by atoms with Gasteiger partial charge in [-0.1, -0.05) is 0 Å². The average Bonchev–Trinajstić information content (AvgIpc) is 2.96. The third-order valence-corrected chi connectivity index (χ3v) is 4.95. The average molecular weight is 320 g/mol. The Hall–Kier alpha value is -1.95. The molecule has 6 nitrogen and oxygen atoms in total. The zero-order valence-electron chi connectivity index (χ0n) is 14.4. The van der Waals surface area contributed by atoms with Crippen LogP contribution < -0.4 is 5.32 Å². The third-order valence-electron chi connectivity index (χ3n) is 4.95. The Kier molecular flexibility index (Phi) is 5.04. The molecule has 0 aliphatic heterocycles. The lowest BCUT2D eigenvalue weighted by molar-refractivity contribution is -0.906. The Morgan fingerprint density at radius 1 is 1.26 bits per heavy atom. The van der Waals surface area contributed by atoms with Crippen molar-refractivity contribution < 1.29 is 14.2 Å². The Morgan fingerprint density at radius 2 is 1.83 bits per heavy atom. The first-order chi connectivity index (χ1) is 10.7. The molecule has 1 aliphatic carbocycles. The minimum Gasteiger partial charge on any atom is -0.318 e. The van der Waals surface area contributed by atoms with Gasteiger partial charge in [0.2, 0.25) is 0 Å². The topological polar surface area (TPSA) is 72.2 Å². The van der Waals surface area contributed by atoms with E-state index in [2.05, 4.69) is 19.4 Å². The van der Waals surface area contributed by atoms with Crippen molar-refractivity contribution in [2.24, 2.45) is 0 Å². The summed E-state index contributed by atoms with van der Waals surface area (Å²) >= 11 is 0. The van der Waals surface area contributed by atoms with Crippen LogP contribution in [0.25, 0.3) is 0 Å². The molecule has 1 fully saturated rings. The number of rotatable bonds is 5. The SMILES string of the molecule is Cc1cc(NC(=O)C[N+](C)(C)C2CCCC2)c([N+](=O)[O-])cc1C. The lowest BCUT2D eigenvalue weighted by atomic mass is 10.1. The first kappa shape index (κ1) is 17.4. The number of quaternary nitrogens is 1. The van der Waals surface area contributed by atoms with Crippen molar-refractivity contribution >= 4 is 17.3 Å². The second-order valence-electron chi connectivity index (χ2n) is 7.13. The number of aryl methyl sites for hydroxylation is 2. The second kappa shape index (κ2) is 6.66. The van der Waals surface area contributed by atoms with E-state index < -0.39 is 4.92 Å². The molecule has 0 aromatic heterocycles. The van der Waals surface area contributed by atoms with Crippen LogP contribution in [0.4, 0.5) is 11.4 Å². The van der Waals surface area contributed by atoms with Crippen LogP contribution in [0, 0.1) is 24.0 Å². The highest BCUT2D eigenvalue weighted by Crippen LogP contribution is 2.29. The minimum absolute atomic E-state index is 0.0485. The number of nitro benzene ring substituents is 1. The fraction of sp³-hybridized carbons (Fsp3) is 0.588. The van der Waals surface area contributed by atoms with E-state index in [0.29, 0.717) is 17.1 Å². The zero-order valence-corrected chi connectivity index (χ0v) is 14.4. The lowest BCUT2D eigenvalue weighted by Gasteiger charge is -2.35. The van der Waals surface area contributed by atoms with Crippen LogP contribution in [0.15, 0.2) is 12.1 Å². The summed E-state index contributed by atoms with van der Waals surface area (Å²) in [6, 6.07) is 3.69. The molecule has 1 aliphatic rings. The molecule has 1 N–H and O–H groups in total. The summed E-state index contributed by atoms with van der Waals surface area (Å²) in [5, 5.41) is 14.0. The first-order valence-corrected chi connectivity index (χ1v) is 8.09. The Morgan fingerprint density at radius 3 is 2.39 bits per heavy atom. The van der Waals surface area contributed by atoms with Crippen LogP contribution in [0.5, 0.6) is 0 Å². The van der Waals surface area contributed by atoms with Gasteiger partial charge < -0.3 is 9.80 Å². The van der Waals surface area contributed by atoms with Crippen LogP contribution in [0.1, 0.15) is 36.8 Å². The number of amides is 1. The van der Waals surface area contributed by atoms with Gasteiger partial charge >= 0.3 is 0 Å². The highest BCUT2D eigenvalue weighted by molar-refractivity contribution is 5.94. The van der Waals surface area contributed by atoms with Gasteiger partial charge in [-0.25, -0.2) is 0 Å². The third kappa shape index (κ3) is 4.07.